The topological polar surface area (TPSA) is 105 Å². The number of carboxylic acid groups (broad SMARTS) is 1. The van der Waals surface area contributed by atoms with Crippen LogP contribution in [0.3, 0.4) is 0 Å². The third-order valence-corrected chi connectivity index (χ3v) is 5.83. The lowest BCUT2D eigenvalue weighted by atomic mass is 9.98. The number of rotatable bonds is 10. The molecule has 7 nitrogen and oxygen atoms in total. The lowest BCUT2D eigenvalue weighted by molar-refractivity contribution is -0.138. The van der Waals surface area contributed by atoms with Gasteiger partial charge >= 0.3 is 12.1 Å². The third-order valence-electron chi connectivity index (χ3n) is 5.83. The molecule has 0 saturated carbocycles. The Labute approximate surface area is 188 Å². The molecule has 0 spiro atoms. The maximum Gasteiger partial charge on any atom is 0.407 e. The lowest BCUT2D eigenvalue weighted by Gasteiger charge is -2.18. The summed E-state index contributed by atoms with van der Waals surface area (Å²) in [6.07, 6.45) is 0.211. The normalized spacial score (nSPS) is 14.1. The molecule has 3 N–H and O–H groups in total. The first-order valence-corrected chi connectivity index (χ1v) is 11.0. The highest BCUT2D eigenvalue weighted by molar-refractivity contribution is 5.79. The number of carbonyl (C=O) groups is 3. The second-order valence-electron chi connectivity index (χ2n) is 8.25. The van der Waals surface area contributed by atoms with E-state index < -0.39 is 18.1 Å². The first kappa shape index (κ1) is 23.3. The molecule has 170 valence electrons. The molecule has 0 bridgehead atoms. The predicted molar refractivity (Wildman–Crippen MR) is 121 cm³/mol. The molecular weight excluding hydrogens is 408 g/mol. The van der Waals surface area contributed by atoms with Crippen molar-refractivity contribution in [1.29, 1.82) is 0 Å². The number of hydrogen-bond donors (Lipinski definition) is 3. The summed E-state index contributed by atoms with van der Waals surface area (Å²) in [5.41, 5.74) is 4.60. The average Bonchev–Trinajstić information content (AvgIpc) is 3.08. The van der Waals surface area contributed by atoms with Crippen molar-refractivity contribution in [3.8, 4) is 11.1 Å². The quantitative estimate of drug-likeness (QED) is 0.521. The van der Waals surface area contributed by atoms with Crippen molar-refractivity contribution < 1.29 is 24.2 Å². The summed E-state index contributed by atoms with van der Waals surface area (Å²) >= 11 is 0. The zero-order chi connectivity index (χ0) is 23.1. The minimum atomic E-state index is -0.878. The van der Waals surface area contributed by atoms with Gasteiger partial charge in [0.25, 0.3) is 0 Å². The summed E-state index contributed by atoms with van der Waals surface area (Å²) in [5.74, 6) is -1.24. The van der Waals surface area contributed by atoms with E-state index in [4.69, 9.17) is 9.84 Å². The Bertz CT molecular complexity index is 929. The highest BCUT2D eigenvalue weighted by Gasteiger charge is 2.29. The van der Waals surface area contributed by atoms with Gasteiger partial charge in [0.2, 0.25) is 5.91 Å². The number of alkyl carbamates (subject to hydrolysis) is 1. The Kier molecular flexibility index (Phi) is 7.87. The van der Waals surface area contributed by atoms with E-state index in [0.29, 0.717) is 13.0 Å². The van der Waals surface area contributed by atoms with Gasteiger partial charge in [0.15, 0.2) is 0 Å². The number of aliphatic carboxylic acids is 1. The number of hydrogen-bond acceptors (Lipinski definition) is 4. The van der Waals surface area contributed by atoms with E-state index in [1.165, 1.54) is 0 Å². The largest absolute Gasteiger partial charge is 0.481 e. The van der Waals surface area contributed by atoms with Gasteiger partial charge in [-0.05, 0) is 35.1 Å². The molecule has 32 heavy (non-hydrogen) atoms. The Morgan fingerprint density at radius 1 is 1.00 bits per heavy atom. The summed E-state index contributed by atoms with van der Waals surface area (Å²) in [7, 11) is 0. The van der Waals surface area contributed by atoms with Crippen LogP contribution in [-0.2, 0) is 14.3 Å². The maximum atomic E-state index is 12.3. The molecule has 2 aromatic carbocycles. The molecule has 0 fully saturated rings. The van der Waals surface area contributed by atoms with E-state index in [9.17, 15) is 14.4 Å². The van der Waals surface area contributed by atoms with Crippen LogP contribution in [0.25, 0.3) is 11.1 Å². The zero-order valence-corrected chi connectivity index (χ0v) is 18.5. The predicted octanol–water partition coefficient (Wildman–Crippen LogP) is 3.92. The minimum Gasteiger partial charge on any atom is -0.481 e. The van der Waals surface area contributed by atoms with E-state index in [1.807, 2.05) is 31.2 Å². The van der Waals surface area contributed by atoms with Crippen LogP contribution in [0.4, 0.5) is 4.79 Å². The van der Waals surface area contributed by atoms with Gasteiger partial charge in [-0.15, -0.1) is 0 Å². The van der Waals surface area contributed by atoms with Crippen LogP contribution in [0.2, 0.25) is 0 Å². The monoisotopic (exact) mass is 438 g/mol. The molecule has 0 heterocycles. The van der Waals surface area contributed by atoms with Crippen molar-refractivity contribution in [2.75, 3.05) is 13.2 Å². The fraction of sp³-hybridized carbons (Fsp3) is 0.400. The van der Waals surface area contributed by atoms with E-state index >= 15 is 0 Å². The molecule has 1 unspecified atom stereocenters. The number of carbonyl (C=O) groups excluding carboxylic acids is 2. The first-order valence-electron chi connectivity index (χ1n) is 11.0. The smallest absolute Gasteiger partial charge is 0.407 e. The van der Waals surface area contributed by atoms with Crippen molar-refractivity contribution in [2.24, 2.45) is 5.92 Å². The standard InChI is InChI=1S/C25H30N2O5/c1-3-17(13-24(29)30)14-26-23(28)12-16(2)27-25(31)32-15-22-20-10-6-4-8-18(20)19-9-5-7-11-21(19)22/h4-11,16-17,22H,3,12-15H2,1-2H3,(H,26,28)(H,27,31)(H,29,30)/t16-,17?/m1/s1. The van der Waals surface area contributed by atoms with Crippen molar-refractivity contribution in [3.63, 3.8) is 0 Å². The highest BCUT2D eigenvalue weighted by atomic mass is 16.5. The Balaban J connectivity index is 1.47. The first-order chi connectivity index (χ1) is 15.4. The Hall–Kier alpha value is -3.35. The zero-order valence-electron chi connectivity index (χ0n) is 18.5. The lowest BCUT2D eigenvalue weighted by Crippen LogP contribution is -2.39. The molecule has 1 aliphatic carbocycles. The SMILES string of the molecule is CCC(CNC(=O)C[C@@H](C)NC(=O)OCC1c2ccccc2-c2ccccc21)CC(=O)O. The van der Waals surface area contributed by atoms with Crippen LogP contribution in [0.1, 0.15) is 50.2 Å². The number of fused-ring (bicyclic) bond motifs is 3. The molecule has 0 aliphatic heterocycles. The Morgan fingerprint density at radius 3 is 2.16 bits per heavy atom. The summed E-state index contributed by atoms with van der Waals surface area (Å²) in [6, 6.07) is 15.8. The van der Waals surface area contributed by atoms with Crippen LogP contribution in [-0.4, -0.2) is 42.3 Å². The second kappa shape index (κ2) is 10.8. The molecule has 2 atom stereocenters. The van der Waals surface area contributed by atoms with Crippen molar-refractivity contribution in [1.82, 2.24) is 10.6 Å². The number of nitrogens with one attached hydrogen (secondary N) is 2. The van der Waals surface area contributed by atoms with Crippen LogP contribution < -0.4 is 10.6 Å². The molecule has 0 aromatic heterocycles. The van der Waals surface area contributed by atoms with Gasteiger partial charge in [0, 0.05) is 31.3 Å². The fourth-order valence-electron chi connectivity index (χ4n) is 4.11. The van der Waals surface area contributed by atoms with Crippen molar-refractivity contribution in [3.05, 3.63) is 59.7 Å². The summed E-state index contributed by atoms with van der Waals surface area (Å²) in [5, 5.41) is 14.3. The van der Waals surface area contributed by atoms with Crippen LogP contribution >= 0.6 is 0 Å². The van der Waals surface area contributed by atoms with E-state index in [-0.39, 0.29) is 37.2 Å². The van der Waals surface area contributed by atoms with E-state index in [1.54, 1.807) is 6.92 Å². The minimum absolute atomic E-state index is 0.0182. The van der Waals surface area contributed by atoms with E-state index in [2.05, 4.69) is 34.9 Å². The third kappa shape index (κ3) is 5.87. The van der Waals surface area contributed by atoms with Gasteiger partial charge in [-0.1, -0.05) is 61.9 Å². The maximum absolute atomic E-state index is 12.3. The van der Waals surface area contributed by atoms with E-state index in [0.717, 1.165) is 22.3 Å². The van der Waals surface area contributed by atoms with Crippen molar-refractivity contribution in [2.45, 2.75) is 45.1 Å². The van der Waals surface area contributed by atoms with Gasteiger partial charge in [0.05, 0.1) is 0 Å². The molecular formula is C25H30N2O5. The van der Waals surface area contributed by atoms with Gasteiger partial charge in [-0.2, -0.15) is 0 Å². The summed E-state index contributed by atoms with van der Waals surface area (Å²) in [4.78, 5) is 35.3. The number of benzene rings is 2. The molecule has 7 heteroatoms. The molecule has 0 radical (unpaired) electrons. The Morgan fingerprint density at radius 2 is 1.59 bits per heavy atom. The molecule has 3 rings (SSSR count). The molecule has 1 aliphatic rings. The van der Waals surface area contributed by atoms with Gasteiger partial charge in [-0.25, -0.2) is 4.79 Å². The average molecular weight is 439 g/mol. The second-order valence-corrected chi connectivity index (χ2v) is 8.25. The molecule has 2 aromatic rings. The van der Waals surface area contributed by atoms with Crippen LogP contribution in [0.5, 0.6) is 0 Å². The van der Waals surface area contributed by atoms with Crippen LogP contribution in [0.15, 0.2) is 48.5 Å². The summed E-state index contributed by atoms with van der Waals surface area (Å²) in [6.45, 7) is 4.14. The summed E-state index contributed by atoms with van der Waals surface area (Å²) < 4.78 is 5.50. The van der Waals surface area contributed by atoms with Crippen molar-refractivity contribution >= 4 is 18.0 Å². The van der Waals surface area contributed by atoms with Crippen LogP contribution in [0, 0.1) is 5.92 Å². The highest BCUT2D eigenvalue weighted by Crippen LogP contribution is 2.44. The fourth-order valence-corrected chi connectivity index (χ4v) is 4.11. The number of carboxylic acids is 1. The number of ether oxygens (including phenoxy) is 1. The van der Waals surface area contributed by atoms with Gasteiger partial charge in [0.1, 0.15) is 6.61 Å². The number of amides is 2. The van der Waals surface area contributed by atoms with Gasteiger partial charge < -0.3 is 20.5 Å². The molecule has 2 amide bonds. The molecule has 0 saturated heterocycles. The van der Waals surface area contributed by atoms with Gasteiger partial charge in [-0.3, -0.25) is 9.59 Å².